The molecule has 0 spiro atoms. The van der Waals surface area contributed by atoms with Crippen LogP contribution in [0.4, 0.5) is 0 Å². The van der Waals surface area contributed by atoms with E-state index in [1.807, 2.05) is 30.8 Å². The highest BCUT2D eigenvalue weighted by Gasteiger charge is 2.23. The molecule has 0 bridgehead atoms. The van der Waals surface area contributed by atoms with Gasteiger partial charge in [0.1, 0.15) is 0 Å². The molecule has 0 radical (unpaired) electrons. The smallest absolute Gasteiger partial charge is 0.237 e. The molecule has 1 heterocycles. The molecule has 1 fully saturated rings. The molecular formula is C16H29N3O. The monoisotopic (exact) mass is 279 g/mol. The molecule has 1 aliphatic rings. The zero-order valence-corrected chi connectivity index (χ0v) is 13.6. The molecule has 4 heteroatoms. The average Bonchev–Trinajstić information content (AvgIpc) is 2.40. The van der Waals surface area contributed by atoms with Crippen molar-refractivity contribution in [2.45, 2.75) is 33.2 Å². The van der Waals surface area contributed by atoms with Crippen molar-refractivity contribution in [1.82, 2.24) is 9.80 Å². The number of amides is 1. The first-order valence-electron chi connectivity index (χ1n) is 7.08. The van der Waals surface area contributed by atoms with Crippen LogP contribution in [0.2, 0.25) is 0 Å². The first-order valence-corrected chi connectivity index (χ1v) is 7.08. The second-order valence-electron chi connectivity index (χ2n) is 5.29. The number of allylic oxidation sites excluding steroid dienone is 1. The van der Waals surface area contributed by atoms with Gasteiger partial charge in [-0.25, -0.2) is 0 Å². The second-order valence-corrected chi connectivity index (χ2v) is 5.29. The Hall–Kier alpha value is -1.42. The summed E-state index contributed by atoms with van der Waals surface area (Å²) in [5.74, 6) is 0.197. The number of carbonyl (C=O) groups is 1. The Morgan fingerprint density at radius 3 is 2.50 bits per heavy atom. The molecule has 114 valence electrons. The predicted molar refractivity (Wildman–Crippen MR) is 87.3 cm³/mol. The van der Waals surface area contributed by atoms with Gasteiger partial charge in [-0.15, -0.1) is 13.2 Å². The van der Waals surface area contributed by atoms with Gasteiger partial charge in [0.15, 0.2) is 0 Å². The Morgan fingerprint density at radius 1 is 1.45 bits per heavy atom. The summed E-state index contributed by atoms with van der Waals surface area (Å²) in [6.07, 6.45) is 2.95. The van der Waals surface area contributed by atoms with Crippen LogP contribution in [-0.2, 0) is 4.79 Å². The van der Waals surface area contributed by atoms with E-state index in [1.54, 1.807) is 0 Å². The number of likely N-dealkylation sites (N-methyl/N-ethyl adjacent to an activating group) is 1. The number of rotatable bonds is 3. The molecule has 4 nitrogen and oxygen atoms in total. The lowest BCUT2D eigenvalue weighted by molar-refractivity contribution is -0.131. The van der Waals surface area contributed by atoms with E-state index in [1.165, 1.54) is 11.3 Å². The quantitative estimate of drug-likeness (QED) is 0.744. The molecule has 1 saturated heterocycles. The summed E-state index contributed by atoms with van der Waals surface area (Å²) in [7, 11) is 3.84. The Kier molecular flexibility index (Phi) is 8.81. The molecule has 1 aliphatic heterocycles. The molecular weight excluding hydrogens is 250 g/mol. The van der Waals surface area contributed by atoms with Gasteiger partial charge in [-0.1, -0.05) is 6.08 Å². The van der Waals surface area contributed by atoms with Gasteiger partial charge in [0.2, 0.25) is 5.91 Å². The lowest BCUT2D eigenvalue weighted by Gasteiger charge is -2.31. The summed E-state index contributed by atoms with van der Waals surface area (Å²) in [5.41, 5.74) is 2.36. The predicted octanol–water partition coefficient (Wildman–Crippen LogP) is 2.38. The summed E-state index contributed by atoms with van der Waals surface area (Å²) in [6, 6.07) is 0.318. The van der Waals surface area contributed by atoms with E-state index < -0.39 is 0 Å². The summed E-state index contributed by atoms with van der Waals surface area (Å²) in [5, 5.41) is 0. The van der Waals surface area contributed by atoms with E-state index in [-0.39, 0.29) is 5.91 Å². The van der Waals surface area contributed by atoms with Crippen LogP contribution in [0.25, 0.3) is 0 Å². The van der Waals surface area contributed by atoms with E-state index >= 15 is 0 Å². The summed E-state index contributed by atoms with van der Waals surface area (Å²) in [6.45, 7) is 14.2. The van der Waals surface area contributed by atoms with Crippen LogP contribution in [0.3, 0.4) is 0 Å². The molecule has 0 aromatic heterocycles. The van der Waals surface area contributed by atoms with Crippen LogP contribution < -0.4 is 0 Å². The van der Waals surface area contributed by atoms with E-state index in [0.29, 0.717) is 19.1 Å². The standard InChI is InChI=1S/C14H25N3O.C2H4/c1-6-12-9-17(14(18)10-16(4)5)8-7-13(12)15-11(2)3;1-2/h6,11H,7-10H2,1-5H3;1-2H2/b12-6-,15-13?;. The topological polar surface area (TPSA) is 35.9 Å². The first kappa shape index (κ1) is 18.6. The van der Waals surface area contributed by atoms with Crippen LogP contribution in [0.15, 0.2) is 29.8 Å². The number of hydrogen-bond donors (Lipinski definition) is 0. The number of aliphatic imine (C=N–C) groups is 1. The van der Waals surface area contributed by atoms with E-state index in [9.17, 15) is 4.79 Å². The van der Waals surface area contributed by atoms with Crippen molar-refractivity contribution >= 4 is 11.6 Å². The highest BCUT2D eigenvalue weighted by molar-refractivity contribution is 6.02. The summed E-state index contributed by atoms with van der Waals surface area (Å²) >= 11 is 0. The van der Waals surface area contributed by atoms with Crippen molar-refractivity contribution in [2.24, 2.45) is 4.99 Å². The van der Waals surface area contributed by atoms with Gasteiger partial charge in [0.25, 0.3) is 0 Å². The Balaban J connectivity index is 0.00000172. The number of likely N-dealkylation sites (tertiary alicyclic amines) is 1. The fraction of sp³-hybridized carbons (Fsp3) is 0.625. The summed E-state index contributed by atoms with van der Waals surface area (Å²) < 4.78 is 0. The van der Waals surface area contributed by atoms with Gasteiger partial charge >= 0.3 is 0 Å². The fourth-order valence-electron chi connectivity index (χ4n) is 2.08. The second kappa shape index (κ2) is 9.48. The SMILES string of the molecule is C/C=C1/CN(C(=O)CN(C)C)CCC1=NC(C)C.C=C. The van der Waals surface area contributed by atoms with Gasteiger partial charge in [-0.3, -0.25) is 9.79 Å². The largest absolute Gasteiger partial charge is 0.337 e. The van der Waals surface area contributed by atoms with Gasteiger partial charge in [0, 0.05) is 31.3 Å². The average molecular weight is 279 g/mol. The Labute approximate surface area is 123 Å². The van der Waals surface area contributed by atoms with Crippen LogP contribution in [-0.4, -0.2) is 61.2 Å². The zero-order valence-electron chi connectivity index (χ0n) is 13.6. The minimum atomic E-state index is 0.197. The minimum absolute atomic E-state index is 0.197. The molecule has 1 rings (SSSR count). The molecule has 0 aromatic carbocycles. The maximum absolute atomic E-state index is 12.0. The molecule has 0 aliphatic carbocycles. The highest BCUT2D eigenvalue weighted by atomic mass is 16.2. The third-order valence-electron chi connectivity index (χ3n) is 2.92. The van der Waals surface area contributed by atoms with Crippen molar-refractivity contribution < 1.29 is 4.79 Å². The third-order valence-corrected chi connectivity index (χ3v) is 2.92. The highest BCUT2D eigenvalue weighted by Crippen LogP contribution is 2.15. The maximum Gasteiger partial charge on any atom is 0.237 e. The minimum Gasteiger partial charge on any atom is -0.337 e. The number of nitrogens with zero attached hydrogens (tertiary/aromatic N) is 3. The van der Waals surface area contributed by atoms with Crippen LogP contribution in [0.1, 0.15) is 27.2 Å². The van der Waals surface area contributed by atoms with Gasteiger partial charge < -0.3 is 9.80 Å². The molecule has 1 amide bonds. The normalized spacial score (nSPS) is 19.4. The van der Waals surface area contributed by atoms with Gasteiger partial charge in [-0.2, -0.15) is 0 Å². The summed E-state index contributed by atoms with van der Waals surface area (Å²) in [4.78, 5) is 20.5. The molecule has 0 atom stereocenters. The van der Waals surface area contributed by atoms with Crippen molar-refractivity contribution in [3.8, 4) is 0 Å². The van der Waals surface area contributed by atoms with Crippen molar-refractivity contribution in [1.29, 1.82) is 0 Å². The molecule has 0 saturated carbocycles. The van der Waals surface area contributed by atoms with Crippen molar-refractivity contribution in [2.75, 3.05) is 33.7 Å². The maximum atomic E-state index is 12.0. The number of carbonyl (C=O) groups excluding carboxylic acids is 1. The van der Waals surface area contributed by atoms with E-state index in [4.69, 9.17) is 0 Å². The number of piperidine rings is 1. The zero-order chi connectivity index (χ0) is 15.7. The molecule has 0 N–H and O–H groups in total. The number of hydrogen-bond acceptors (Lipinski definition) is 3. The third kappa shape index (κ3) is 6.15. The van der Waals surface area contributed by atoms with Gasteiger partial charge in [-0.05, 0) is 40.4 Å². The lowest BCUT2D eigenvalue weighted by Crippen LogP contribution is -2.44. The Bertz CT molecular complexity index is 370. The molecule has 0 unspecified atom stereocenters. The van der Waals surface area contributed by atoms with Crippen LogP contribution >= 0.6 is 0 Å². The van der Waals surface area contributed by atoms with E-state index in [2.05, 4.69) is 38.1 Å². The van der Waals surface area contributed by atoms with E-state index in [0.717, 1.165) is 13.0 Å². The van der Waals surface area contributed by atoms with Gasteiger partial charge in [0.05, 0.1) is 6.54 Å². The molecule has 20 heavy (non-hydrogen) atoms. The van der Waals surface area contributed by atoms with Crippen molar-refractivity contribution in [3.05, 3.63) is 24.8 Å². The van der Waals surface area contributed by atoms with Crippen LogP contribution in [0.5, 0.6) is 0 Å². The fourth-order valence-corrected chi connectivity index (χ4v) is 2.08. The molecule has 0 aromatic rings. The first-order chi connectivity index (χ1) is 9.43. The lowest BCUT2D eigenvalue weighted by atomic mass is 10.0. The Morgan fingerprint density at radius 2 is 2.05 bits per heavy atom. The van der Waals surface area contributed by atoms with Crippen molar-refractivity contribution in [3.63, 3.8) is 0 Å². The van der Waals surface area contributed by atoms with Crippen LogP contribution in [0, 0.1) is 0 Å².